The molecule has 0 fully saturated rings. The van der Waals surface area contributed by atoms with Gasteiger partial charge in [-0.1, -0.05) is 13.3 Å². The van der Waals surface area contributed by atoms with Gasteiger partial charge in [0.1, 0.15) is 0 Å². The Bertz CT molecular complexity index is 754. The van der Waals surface area contributed by atoms with E-state index in [4.69, 9.17) is 4.74 Å². The number of ether oxygens (including phenoxy) is 1. The van der Waals surface area contributed by atoms with E-state index in [0.717, 1.165) is 12.8 Å². The summed E-state index contributed by atoms with van der Waals surface area (Å²) < 4.78 is 5.11. The average Bonchev–Trinajstić information content (AvgIpc) is 2.62. The zero-order chi connectivity index (χ0) is 18.2. The molecule has 2 aromatic rings. The van der Waals surface area contributed by atoms with Crippen molar-refractivity contribution in [3.63, 3.8) is 0 Å². The van der Waals surface area contributed by atoms with Gasteiger partial charge in [-0.3, -0.25) is 14.9 Å². The van der Waals surface area contributed by atoms with Gasteiger partial charge in [0.25, 0.3) is 11.6 Å². The number of benzene rings is 2. The third kappa shape index (κ3) is 5.13. The molecular weight excluding hydrogens is 324 g/mol. The average molecular weight is 342 g/mol. The Morgan fingerprint density at radius 3 is 2.20 bits per heavy atom. The first kappa shape index (κ1) is 18.1. The van der Waals surface area contributed by atoms with Crippen LogP contribution in [0, 0.1) is 10.1 Å². The first-order valence-corrected chi connectivity index (χ1v) is 7.84. The fourth-order valence-corrected chi connectivity index (χ4v) is 2.02. The van der Waals surface area contributed by atoms with E-state index < -0.39 is 16.8 Å². The fourth-order valence-electron chi connectivity index (χ4n) is 2.02. The zero-order valence-corrected chi connectivity index (χ0v) is 13.7. The lowest BCUT2D eigenvalue weighted by Gasteiger charge is -2.07. The lowest BCUT2D eigenvalue weighted by Crippen LogP contribution is -2.12. The molecule has 1 amide bonds. The summed E-state index contributed by atoms with van der Waals surface area (Å²) in [4.78, 5) is 34.0. The number of hydrogen-bond acceptors (Lipinski definition) is 5. The van der Waals surface area contributed by atoms with Crippen molar-refractivity contribution >= 4 is 23.3 Å². The molecule has 0 bridgehead atoms. The predicted octanol–water partition coefficient (Wildman–Crippen LogP) is 3.80. The molecule has 0 atom stereocenters. The fraction of sp³-hybridized carbons (Fsp3) is 0.222. The maximum Gasteiger partial charge on any atom is 0.338 e. The molecule has 0 saturated heterocycles. The molecule has 7 nitrogen and oxygen atoms in total. The van der Waals surface area contributed by atoms with Gasteiger partial charge < -0.3 is 10.1 Å². The van der Waals surface area contributed by atoms with E-state index in [0.29, 0.717) is 23.4 Å². The summed E-state index contributed by atoms with van der Waals surface area (Å²) in [6, 6.07) is 11.6. The molecule has 2 rings (SSSR count). The van der Waals surface area contributed by atoms with Crippen LogP contribution < -0.4 is 5.32 Å². The molecule has 1 N–H and O–H groups in total. The van der Waals surface area contributed by atoms with Crippen LogP contribution in [0.4, 0.5) is 11.4 Å². The van der Waals surface area contributed by atoms with Crippen molar-refractivity contribution in [1.82, 2.24) is 0 Å². The van der Waals surface area contributed by atoms with Gasteiger partial charge in [-0.05, 0) is 42.8 Å². The maximum absolute atomic E-state index is 12.1. The molecule has 25 heavy (non-hydrogen) atoms. The van der Waals surface area contributed by atoms with E-state index in [9.17, 15) is 19.7 Å². The Morgan fingerprint density at radius 2 is 1.64 bits per heavy atom. The van der Waals surface area contributed by atoms with Crippen LogP contribution in [0.5, 0.6) is 0 Å². The van der Waals surface area contributed by atoms with Gasteiger partial charge in [-0.2, -0.15) is 0 Å². The molecular formula is C18H18N2O5. The molecule has 130 valence electrons. The lowest BCUT2D eigenvalue weighted by molar-refractivity contribution is -0.384. The molecule has 0 aliphatic carbocycles. The highest BCUT2D eigenvalue weighted by Crippen LogP contribution is 2.15. The third-order valence-corrected chi connectivity index (χ3v) is 3.45. The number of amides is 1. The Kier molecular flexibility index (Phi) is 6.22. The van der Waals surface area contributed by atoms with E-state index in [-0.39, 0.29) is 5.69 Å². The van der Waals surface area contributed by atoms with Gasteiger partial charge in [0.2, 0.25) is 0 Å². The zero-order valence-electron chi connectivity index (χ0n) is 13.7. The van der Waals surface area contributed by atoms with Gasteiger partial charge in [-0.25, -0.2) is 4.79 Å². The molecule has 0 aliphatic rings. The molecule has 2 aromatic carbocycles. The first-order chi connectivity index (χ1) is 12.0. The molecule has 0 saturated carbocycles. The van der Waals surface area contributed by atoms with Crippen molar-refractivity contribution in [3.05, 3.63) is 69.8 Å². The van der Waals surface area contributed by atoms with Gasteiger partial charge in [0.05, 0.1) is 17.1 Å². The van der Waals surface area contributed by atoms with Crippen LogP contribution in [0.1, 0.15) is 40.5 Å². The van der Waals surface area contributed by atoms with Crippen molar-refractivity contribution in [2.45, 2.75) is 19.8 Å². The summed E-state index contributed by atoms with van der Waals surface area (Å²) in [6.45, 7) is 2.39. The largest absolute Gasteiger partial charge is 0.462 e. The smallest absolute Gasteiger partial charge is 0.338 e. The van der Waals surface area contributed by atoms with Crippen molar-refractivity contribution < 1.29 is 19.2 Å². The number of carbonyl (C=O) groups excluding carboxylic acids is 2. The molecule has 0 aliphatic heterocycles. The quantitative estimate of drug-likeness (QED) is 0.357. The summed E-state index contributed by atoms with van der Waals surface area (Å²) in [7, 11) is 0. The van der Waals surface area contributed by atoms with Crippen LogP contribution >= 0.6 is 0 Å². The Labute approximate surface area is 144 Å². The van der Waals surface area contributed by atoms with Crippen LogP contribution in [0.15, 0.2) is 48.5 Å². The molecule has 7 heteroatoms. The minimum atomic E-state index is -0.528. The number of nitro benzene ring substituents is 1. The number of anilines is 1. The number of esters is 1. The SMILES string of the molecule is CCCCOC(=O)c1ccc(NC(=O)c2ccc([N+](=O)[O-])cc2)cc1. The maximum atomic E-state index is 12.1. The van der Waals surface area contributed by atoms with E-state index >= 15 is 0 Å². The van der Waals surface area contributed by atoms with Crippen molar-refractivity contribution in [2.75, 3.05) is 11.9 Å². The van der Waals surface area contributed by atoms with Crippen LogP contribution in [0.2, 0.25) is 0 Å². The summed E-state index contributed by atoms with van der Waals surface area (Å²) in [5, 5.41) is 13.3. The van der Waals surface area contributed by atoms with Gasteiger partial charge in [0.15, 0.2) is 0 Å². The Balaban J connectivity index is 1.97. The molecule has 0 unspecified atom stereocenters. The summed E-state index contributed by atoms with van der Waals surface area (Å²) in [5.41, 5.74) is 1.13. The topological polar surface area (TPSA) is 98.5 Å². The number of hydrogen-bond donors (Lipinski definition) is 1. The number of nitrogens with zero attached hydrogens (tertiary/aromatic N) is 1. The number of carbonyl (C=O) groups is 2. The number of non-ortho nitro benzene ring substituents is 1. The summed E-state index contributed by atoms with van der Waals surface area (Å²) in [6.07, 6.45) is 1.76. The van der Waals surface area contributed by atoms with Gasteiger partial charge in [-0.15, -0.1) is 0 Å². The highest BCUT2D eigenvalue weighted by molar-refractivity contribution is 6.04. The second kappa shape index (κ2) is 8.58. The monoisotopic (exact) mass is 342 g/mol. The number of nitro groups is 1. The van der Waals surface area contributed by atoms with Gasteiger partial charge in [0, 0.05) is 23.4 Å². The van der Waals surface area contributed by atoms with E-state index in [2.05, 4.69) is 5.32 Å². The standard InChI is InChI=1S/C18H18N2O5/c1-2-3-12-25-18(22)14-4-8-15(9-5-14)19-17(21)13-6-10-16(11-7-13)20(23)24/h4-11H,2-3,12H2,1H3,(H,19,21). The Hall–Kier alpha value is -3.22. The minimum Gasteiger partial charge on any atom is -0.462 e. The summed E-state index contributed by atoms with van der Waals surface area (Å²) in [5.74, 6) is -0.796. The number of rotatable bonds is 7. The highest BCUT2D eigenvalue weighted by atomic mass is 16.6. The molecule has 0 heterocycles. The number of nitrogens with one attached hydrogen (secondary N) is 1. The minimum absolute atomic E-state index is 0.0810. The molecule has 0 radical (unpaired) electrons. The second-order valence-corrected chi connectivity index (χ2v) is 5.32. The van der Waals surface area contributed by atoms with Crippen LogP contribution in [-0.2, 0) is 4.74 Å². The van der Waals surface area contributed by atoms with E-state index in [1.165, 1.54) is 24.3 Å². The third-order valence-electron chi connectivity index (χ3n) is 3.45. The van der Waals surface area contributed by atoms with Crippen LogP contribution in [0.3, 0.4) is 0 Å². The molecule has 0 aromatic heterocycles. The van der Waals surface area contributed by atoms with E-state index in [1.807, 2.05) is 6.92 Å². The van der Waals surface area contributed by atoms with E-state index in [1.54, 1.807) is 24.3 Å². The highest BCUT2D eigenvalue weighted by Gasteiger charge is 2.11. The predicted molar refractivity (Wildman–Crippen MR) is 92.7 cm³/mol. The number of unbranched alkanes of at least 4 members (excludes halogenated alkanes) is 1. The van der Waals surface area contributed by atoms with Crippen molar-refractivity contribution in [3.8, 4) is 0 Å². The van der Waals surface area contributed by atoms with Crippen molar-refractivity contribution in [1.29, 1.82) is 0 Å². The van der Waals surface area contributed by atoms with Crippen LogP contribution in [0.25, 0.3) is 0 Å². The lowest BCUT2D eigenvalue weighted by atomic mass is 10.1. The van der Waals surface area contributed by atoms with Crippen LogP contribution in [-0.4, -0.2) is 23.4 Å². The summed E-state index contributed by atoms with van der Waals surface area (Å²) >= 11 is 0. The molecule has 0 spiro atoms. The first-order valence-electron chi connectivity index (χ1n) is 7.84. The Morgan fingerprint density at radius 1 is 1.04 bits per heavy atom. The normalized spacial score (nSPS) is 10.1. The second-order valence-electron chi connectivity index (χ2n) is 5.32. The van der Waals surface area contributed by atoms with Crippen molar-refractivity contribution in [2.24, 2.45) is 0 Å². The van der Waals surface area contributed by atoms with Gasteiger partial charge >= 0.3 is 5.97 Å².